The predicted molar refractivity (Wildman–Crippen MR) is 95.1 cm³/mol. The van der Waals surface area contributed by atoms with Crippen LogP contribution in [-0.4, -0.2) is 41.5 Å². The number of carbonyl (C=O) groups excluding carboxylic acids is 1. The van der Waals surface area contributed by atoms with E-state index in [1.54, 1.807) is 0 Å². The van der Waals surface area contributed by atoms with Crippen LogP contribution in [0.25, 0.3) is 10.9 Å². The van der Waals surface area contributed by atoms with Gasteiger partial charge in [-0.15, -0.1) is 0 Å². The van der Waals surface area contributed by atoms with Crippen LogP contribution in [0.4, 0.5) is 0 Å². The Bertz CT molecular complexity index is 697. The number of H-pyrrole nitrogens is 1. The molecule has 0 radical (unpaired) electrons. The van der Waals surface area contributed by atoms with Gasteiger partial charge in [-0.2, -0.15) is 0 Å². The molecule has 3 rings (SSSR count). The molecule has 0 aliphatic carbocycles. The van der Waals surface area contributed by atoms with Crippen molar-refractivity contribution in [3.05, 3.63) is 35.0 Å². The lowest BCUT2D eigenvalue weighted by atomic mass is 10.00. The van der Waals surface area contributed by atoms with Crippen molar-refractivity contribution in [1.82, 2.24) is 15.2 Å². The molecule has 2 atom stereocenters. The van der Waals surface area contributed by atoms with Crippen molar-refractivity contribution in [2.24, 2.45) is 5.92 Å². The van der Waals surface area contributed by atoms with Gasteiger partial charge in [-0.25, -0.2) is 0 Å². The Hall–Kier alpha value is -1.52. The number of hydrogen-bond acceptors (Lipinski definition) is 2. The summed E-state index contributed by atoms with van der Waals surface area (Å²) in [5.74, 6) is 0.694. The Labute approximate surface area is 142 Å². The second kappa shape index (κ2) is 6.93. The van der Waals surface area contributed by atoms with Gasteiger partial charge in [0.05, 0.1) is 0 Å². The highest BCUT2D eigenvalue weighted by Gasteiger charge is 2.19. The highest BCUT2D eigenvalue weighted by Crippen LogP contribution is 2.20. The third kappa shape index (κ3) is 4.06. The molecule has 1 fully saturated rings. The summed E-state index contributed by atoms with van der Waals surface area (Å²) in [5.41, 5.74) is 1.47. The lowest BCUT2D eigenvalue weighted by Gasteiger charge is -2.32. The number of nitrogens with zero attached hydrogens (tertiary/aromatic N) is 1. The Kier molecular flexibility index (Phi) is 4.93. The van der Waals surface area contributed by atoms with Gasteiger partial charge in [0.15, 0.2) is 0 Å². The van der Waals surface area contributed by atoms with E-state index in [4.69, 9.17) is 11.6 Å². The van der Waals surface area contributed by atoms with Crippen LogP contribution in [0.15, 0.2) is 24.3 Å². The number of benzene rings is 1. The van der Waals surface area contributed by atoms with Crippen LogP contribution in [0, 0.1) is 5.92 Å². The van der Waals surface area contributed by atoms with Crippen LogP contribution in [0.3, 0.4) is 0 Å². The Morgan fingerprint density at radius 3 is 3.09 bits per heavy atom. The summed E-state index contributed by atoms with van der Waals surface area (Å²) in [5, 5.41) is 4.75. The lowest BCUT2D eigenvalue weighted by molar-refractivity contribution is 0.0916. The molecule has 1 saturated heterocycles. The molecule has 1 aromatic carbocycles. The van der Waals surface area contributed by atoms with Gasteiger partial charge in [0.2, 0.25) is 0 Å². The van der Waals surface area contributed by atoms with Crippen molar-refractivity contribution in [3.63, 3.8) is 0 Å². The number of nitrogens with one attached hydrogen (secondary N) is 2. The van der Waals surface area contributed by atoms with Gasteiger partial charge in [0, 0.05) is 35.1 Å². The average Bonchev–Trinajstić information content (AvgIpc) is 2.90. The molecular formula is C18H24ClN3O. The fourth-order valence-electron chi connectivity index (χ4n) is 3.41. The minimum absolute atomic E-state index is 0.0603. The fraction of sp³-hybridized carbons (Fsp3) is 0.500. The Morgan fingerprint density at radius 2 is 2.30 bits per heavy atom. The summed E-state index contributed by atoms with van der Waals surface area (Å²) in [6, 6.07) is 7.59. The van der Waals surface area contributed by atoms with E-state index in [1.165, 1.54) is 12.8 Å². The summed E-state index contributed by atoms with van der Waals surface area (Å²) in [6.45, 7) is 7.53. The number of rotatable bonds is 4. The van der Waals surface area contributed by atoms with Crippen molar-refractivity contribution in [3.8, 4) is 0 Å². The average molecular weight is 334 g/mol. The van der Waals surface area contributed by atoms with Crippen LogP contribution in [0.5, 0.6) is 0 Å². The number of aromatic nitrogens is 1. The number of aromatic amines is 1. The number of fused-ring (bicyclic) bond motifs is 1. The van der Waals surface area contributed by atoms with E-state index in [-0.39, 0.29) is 11.9 Å². The number of hydrogen-bond donors (Lipinski definition) is 2. The van der Waals surface area contributed by atoms with Crippen LogP contribution < -0.4 is 5.32 Å². The quantitative estimate of drug-likeness (QED) is 0.896. The summed E-state index contributed by atoms with van der Waals surface area (Å²) >= 11 is 5.99. The highest BCUT2D eigenvalue weighted by molar-refractivity contribution is 6.31. The first-order valence-corrected chi connectivity index (χ1v) is 8.70. The Morgan fingerprint density at radius 1 is 1.48 bits per heavy atom. The molecular weight excluding hydrogens is 310 g/mol. The zero-order valence-corrected chi connectivity index (χ0v) is 14.5. The van der Waals surface area contributed by atoms with E-state index in [9.17, 15) is 4.79 Å². The van der Waals surface area contributed by atoms with Crippen molar-refractivity contribution >= 4 is 28.4 Å². The summed E-state index contributed by atoms with van der Waals surface area (Å²) < 4.78 is 0. The number of amides is 1. The van der Waals surface area contributed by atoms with Crippen molar-refractivity contribution in [1.29, 1.82) is 0 Å². The topological polar surface area (TPSA) is 48.1 Å². The monoisotopic (exact) mass is 333 g/mol. The van der Waals surface area contributed by atoms with E-state index in [1.807, 2.05) is 24.3 Å². The molecule has 1 aliphatic rings. The standard InChI is InChI=1S/C18H24ClN3O/c1-12-4-3-7-22(10-12)11-13(2)20-18(23)17-8-14-5-6-15(19)9-16(14)21-17/h5-6,8-9,12-13,21H,3-4,7,10-11H2,1-2H3,(H,20,23). The zero-order valence-electron chi connectivity index (χ0n) is 13.7. The second-order valence-electron chi connectivity index (χ2n) is 6.80. The second-order valence-corrected chi connectivity index (χ2v) is 7.23. The van der Waals surface area contributed by atoms with Crippen LogP contribution in [0.2, 0.25) is 5.02 Å². The molecule has 1 aliphatic heterocycles. The molecule has 2 unspecified atom stereocenters. The first kappa shape index (κ1) is 16.3. The molecule has 0 bridgehead atoms. The van der Waals surface area contributed by atoms with E-state index < -0.39 is 0 Å². The molecule has 23 heavy (non-hydrogen) atoms. The third-order valence-corrected chi connectivity index (χ3v) is 4.71. The van der Waals surface area contributed by atoms with Gasteiger partial charge < -0.3 is 15.2 Å². The number of piperidine rings is 1. The molecule has 0 saturated carbocycles. The van der Waals surface area contributed by atoms with Crippen LogP contribution in [-0.2, 0) is 0 Å². The smallest absolute Gasteiger partial charge is 0.267 e. The van der Waals surface area contributed by atoms with Crippen molar-refractivity contribution < 1.29 is 4.79 Å². The van der Waals surface area contributed by atoms with E-state index in [0.717, 1.165) is 36.5 Å². The summed E-state index contributed by atoms with van der Waals surface area (Å²) in [7, 11) is 0. The molecule has 2 N–H and O–H groups in total. The van der Waals surface area contributed by atoms with Gasteiger partial charge >= 0.3 is 0 Å². The molecule has 0 spiro atoms. The van der Waals surface area contributed by atoms with Crippen molar-refractivity contribution in [2.75, 3.05) is 19.6 Å². The number of carbonyl (C=O) groups is 1. The maximum absolute atomic E-state index is 12.4. The van der Waals surface area contributed by atoms with Gasteiger partial charge in [-0.3, -0.25) is 4.79 Å². The molecule has 5 heteroatoms. The lowest BCUT2D eigenvalue weighted by Crippen LogP contribution is -2.45. The SMILES string of the molecule is CC1CCCN(CC(C)NC(=O)c2cc3ccc(Cl)cc3[nH]2)C1. The molecule has 4 nitrogen and oxygen atoms in total. The largest absolute Gasteiger partial charge is 0.350 e. The number of likely N-dealkylation sites (tertiary alicyclic amines) is 1. The van der Waals surface area contributed by atoms with Gasteiger partial charge in [-0.1, -0.05) is 24.6 Å². The van der Waals surface area contributed by atoms with Crippen molar-refractivity contribution in [2.45, 2.75) is 32.7 Å². The predicted octanol–water partition coefficient (Wildman–Crippen LogP) is 3.67. The van der Waals surface area contributed by atoms with E-state index >= 15 is 0 Å². The molecule has 124 valence electrons. The maximum Gasteiger partial charge on any atom is 0.267 e. The Balaban J connectivity index is 1.60. The summed E-state index contributed by atoms with van der Waals surface area (Å²) in [6.07, 6.45) is 2.57. The van der Waals surface area contributed by atoms with Crippen LogP contribution in [0.1, 0.15) is 37.2 Å². The minimum Gasteiger partial charge on any atom is -0.350 e. The number of halogens is 1. The van der Waals surface area contributed by atoms with Gasteiger partial charge in [0.25, 0.3) is 5.91 Å². The van der Waals surface area contributed by atoms with Gasteiger partial charge in [0.1, 0.15) is 5.69 Å². The van der Waals surface area contributed by atoms with Gasteiger partial charge in [-0.05, 0) is 50.4 Å². The van der Waals surface area contributed by atoms with Crippen LogP contribution >= 0.6 is 11.6 Å². The first-order chi connectivity index (χ1) is 11.0. The molecule has 1 aromatic heterocycles. The molecule has 2 heterocycles. The third-order valence-electron chi connectivity index (χ3n) is 4.48. The molecule has 1 amide bonds. The highest BCUT2D eigenvalue weighted by atomic mass is 35.5. The normalized spacial score (nSPS) is 20.6. The zero-order chi connectivity index (χ0) is 16.4. The fourth-order valence-corrected chi connectivity index (χ4v) is 3.58. The van der Waals surface area contributed by atoms with E-state index in [2.05, 4.69) is 29.0 Å². The maximum atomic E-state index is 12.4. The summed E-state index contributed by atoms with van der Waals surface area (Å²) in [4.78, 5) is 18.0. The first-order valence-electron chi connectivity index (χ1n) is 8.33. The molecule has 2 aromatic rings. The van der Waals surface area contributed by atoms with E-state index in [0.29, 0.717) is 10.7 Å². The minimum atomic E-state index is -0.0603.